The van der Waals surface area contributed by atoms with E-state index in [1.807, 2.05) is 0 Å². The molecule has 1 heterocycles. The summed E-state index contributed by atoms with van der Waals surface area (Å²) in [7, 11) is 0. The summed E-state index contributed by atoms with van der Waals surface area (Å²) in [6, 6.07) is 5.14. The summed E-state index contributed by atoms with van der Waals surface area (Å²) < 4.78 is 7.04. The lowest BCUT2D eigenvalue weighted by molar-refractivity contribution is 0.469. The van der Waals surface area contributed by atoms with Crippen LogP contribution in [0.3, 0.4) is 0 Å². The Morgan fingerprint density at radius 2 is 2.21 bits per heavy atom. The van der Waals surface area contributed by atoms with Gasteiger partial charge in [0.1, 0.15) is 0 Å². The molecule has 0 saturated heterocycles. The SMILES string of the molecule is CCCNCn1nc(-c2ccc(Cl)cc2Cl)oc1=S. The van der Waals surface area contributed by atoms with Crippen LogP contribution < -0.4 is 5.32 Å². The molecule has 0 saturated carbocycles. The number of halogens is 2. The average Bonchev–Trinajstić information content (AvgIpc) is 2.71. The summed E-state index contributed by atoms with van der Waals surface area (Å²) in [6.07, 6.45) is 1.04. The molecule has 7 heteroatoms. The number of benzene rings is 1. The van der Waals surface area contributed by atoms with Gasteiger partial charge in [0.05, 0.1) is 17.3 Å². The van der Waals surface area contributed by atoms with E-state index < -0.39 is 0 Å². The Balaban J connectivity index is 2.26. The minimum atomic E-state index is 0.310. The van der Waals surface area contributed by atoms with Crippen molar-refractivity contribution in [3.05, 3.63) is 33.1 Å². The maximum absolute atomic E-state index is 6.11. The monoisotopic (exact) mass is 317 g/mol. The lowest BCUT2D eigenvalue weighted by atomic mass is 10.2. The summed E-state index contributed by atoms with van der Waals surface area (Å²) in [6.45, 7) is 3.50. The summed E-state index contributed by atoms with van der Waals surface area (Å²) in [5.41, 5.74) is 0.673. The van der Waals surface area contributed by atoms with Crippen molar-refractivity contribution in [3.8, 4) is 11.5 Å². The molecule has 2 aromatic rings. The van der Waals surface area contributed by atoms with E-state index in [0.29, 0.717) is 33.0 Å². The molecule has 0 unspecified atom stereocenters. The summed E-state index contributed by atoms with van der Waals surface area (Å²) >= 11 is 17.1. The van der Waals surface area contributed by atoms with Crippen LogP contribution in [0.5, 0.6) is 0 Å². The molecular formula is C12H13Cl2N3OS. The van der Waals surface area contributed by atoms with E-state index in [9.17, 15) is 0 Å². The van der Waals surface area contributed by atoms with E-state index in [1.165, 1.54) is 0 Å². The molecular weight excluding hydrogens is 305 g/mol. The van der Waals surface area contributed by atoms with Crippen molar-refractivity contribution in [1.29, 1.82) is 0 Å². The third-order valence-corrected chi connectivity index (χ3v) is 3.30. The summed E-state index contributed by atoms with van der Waals surface area (Å²) in [5.74, 6) is 0.393. The van der Waals surface area contributed by atoms with Crippen LogP contribution in [0, 0.1) is 4.84 Å². The third kappa shape index (κ3) is 3.57. The maximum atomic E-state index is 6.11. The van der Waals surface area contributed by atoms with Gasteiger partial charge < -0.3 is 4.42 Å². The maximum Gasteiger partial charge on any atom is 0.288 e. The van der Waals surface area contributed by atoms with E-state index in [1.54, 1.807) is 22.9 Å². The molecule has 0 aliphatic carbocycles. The van der Waals surface area contributed by atoms with Gasteiger partial charge in [-0.1, -0.05) is 30.1 Å². The van der Waals surface area contributed by atoms with Crippen LogP contribution in [0.15, 0.2) is 22.6 Å². The summed E-state index contributed by atoms with van der Waals surface area (Å²) in [4.78, 5) is 0.310. The van der Waals surface area contributed by atoms with E-state index in [0.717, 1.165) is 13.0 Å². The van der Waals surface area contributed by atoms with E-state index in [-0.39, 0.29) is 0 Å². The van der Waals surface area contributed by atoms with Gasteiger partial charge >= 0.3 is 0 Å². The zero-order valence-corrected chi connectivity index (χ0v) is 12.6. The van der Waals surface area contributed by atoms with Crippen molar-refractivity contribution in [2.24, 2.45) is 0 Å². The predicted molar refractivity (Wildman–Crippen MR) is 79.1 cm³/mol. The molecule has 102 valence electrons. The fraction of sp³-hybridized carbons (Fsp3) is 0.333. The molecule has 0 atom stereocenters. The number of rotatable bonds is 5. The van der Waals surface area contributed by atoms with Gasteiger partial charge in [0.2, 0.25) is 5.89 Å². The van der Waals surface area contributed by atoms with Gasteiger partial charge in [-0.05, 0) is 43.4 Å². The molecule has 0 aliphatic rings. The molecule has 0 bridgehead atoms. The fourth-order valence-corrected chi connectivity index (χ4v) is 2.21. The van der Waals surface area contributed by atoms with Gasteiger partial charge in [-0.25, -0.2) is 4.68 Å². The van der Waals surface area contributed by atoms with E-state index >= 15 is 0 Å². The van der Waals surface area contributed by atoms with Gasteiger partial charge in [0.15, 0.2) is 0 Å². The standard InChI is InChI=1S/C12H13Cl2N3OS/c1-2-5-15-7-17-12(19)18-11(16-17)9-4-3-8(13)6-10(9)14/h3-4,6,15H,2,5,7H2,1H3. The molecule has 4 nitrogen and oxygen atoms in total. The first-order valence-electron chi connectivity index (χ1n) is 5.86. The van der Waals surface area contributed by atoms with Crippen LogP contribution in [0.1, 0.15) is 13.3 Å². The van der Waals surface area contributed by atoms with E-state index in [4.69, 9.17) is 39.8 Å². The van der Waals surface area contributed by atoms with Crippen molar-refractivity contribution in [3.63, 3.8) is 0 Å². The minimum Gasteiger partial charge on any atom is -0.409 e. The first kappa shape index (κ1) is 14.5. The van der Waals surface area contributed by atoms with Gasteiger partial charge in [-0.3, -0.25) is 5.32 Å². The van der Waals surface area contributed by atoms with Gasteiger partial charge in [-0.15, -0.1) is 5.10 Å². The van der Waals surface area contributed by atoms with Crippen LogP contribution in [-0.2, 0) is 6.67 Å². The van der Waals surface area contributed by atoms with E-state index in [2.05, 4.69) is 17.3 Å². The van der Waals surface area contributed by atoms with Gasteiger partial charge in [-0.2, -0.15) is 0 Å². The van der Waals surface area contributed by atoms with Crippen LogP contribution in [0.4, 0.5) is 0 Å². The smallest absolute Gasteiger partial charge is 0.288 e. The van der Waals surface area contributed by atoms with Crippen LogP contribution >= 0.6 is 35.4 Å². The van der Waals surface area contributed by atoms with Gasteiger partial charge in [0.25, 0.3) is 4.84 Å². The molecule has 1 N–H and O–H groups in total. The quantitative estimate of drug-likeness (QED) is 0.665. The summed E-state index contributed by atoms with van der Waals surface area (Å²) in [5, 5.41) is 8.55. The van der Waals surface area contributed by atoms with Crippen LogP contribution in [0.2, 0.25) is 10.0 Å². The predicted octanol–water partition coefficient (Wildman–Crippen LogP) is 4.14. The number of nitrogens with one attached hydrogen (secondary N) is 1. The van der Waals surface area contributed by atoms with Gasteiger partial charge in [0, 0.05) is 5.02 Å². The Hall–Kier alpha value is -0.880. The Morgan fingerprint density at radius 1 is 1.42 bits per heavy atom. The lowest BCUT2D eigenvalue weighted by Gasteiger charge is -2.01. The zero-order chi connectivity index (χ0) is 13.8. The van der Waals surface area contributed by atoms with Crippen molar-refractivity contribution in [2.75, 3.05) is 6.54 Å². The highest BCUT2D eigenvalue weighted by Gasteiger charge is 2.11. The Morgan fingerprint density at radius 3 is 2.89 bits per heavy atom. The zero-order valence-electron chi connectivity index (χ0n) is 10.3. The third-order valence-electron chi connectivity index (χ3n) is 2.46. The van der Waals surface area contributed by atoms with Crippen LogP contribution in [-0.4, -0.2) is 16.3 Å². The van der Waals surface area contributed by atoms with Crippen molar-refractivity contribution in [2.45, 2.75) is 20.0 Å². The Kier molecular flexibility index (Phi) is 4.99. The number of hydrogen-bond donors (Lipinski definition) is 1. The molecule has 1 aromatic carbocycles. The second kappa shape index (κ2) is 6.52. The molecule has 0 aliphatic heterocycles. The van der Waals surface area contributed by atoms with Crippen molar-refractivity contribution in [1.82, 2.24) is 15.1 Å². The number of hydrogen-bond acceptors (Lipinski definition) is 4. The average molecular weight is 318 g/mol. The highest BCUT2D eigenvalue weighted by atomic mass is 35.5. The number of nitrogens with zero attached hydrogens (tertiary/aromatic N) is 2. The van der Waals surface area contributed by atoms with Crippen LogP contribution in [0.25, 0.3) is 11.5 Å². The second-order valence-electron chi connectivity index (χ2n) is 3.95. The largest absolute Gasteiger partial charge is 0.409 e. The Labute approximate surface area is 126 Å². The normalized spacial score (nSPS) is 10.9. The molecule has 0 radical (unpaired) electrons. The molecule has 19 heavy (non-hydrogen) atoms. The Bertz CT molecular complexity index is 624. The fourth-order valence-electron chi connectivity index (χ4n) is 1.54. The molecule has 1 aromatic heterocycles. The minimum absolute atomic E-state index is 0.310. The first-order chi connectivity index (χ1) is 9.11. The highest BCUT2D eigenvalue weighted by Crippen LogP contribution is 2.29. The second-order valence-corrected chi connectivity index (χ2v) is 5.15. The first-order valence-corrected chi connectivity index (χ1v) is 7.02. The molecule has 0 spiro atoms. The topological polar surface area (TPSA) is 43.0 Å². The molecule has 0 amide bonds. The highest BCUT2D eigenvalue weighted by molar-refractivity contribution is 7.71. The lowest BCUT2D eigenvalue weighted by Crippen LogP contribution is -2.20. The van der Waals surface area contributed by atoms with Crippen molar-refractivity contribution < 1.29 is 4.42 Å². The number of aromatic nitrogens is 2. The molecule has 2 rings (SSSR count). The van der Waals surface area contributed by atoms with Crippen molar-refractivity contribution >= 4 is 35.4 Å². The molecule has 0 fully saturated rings.